The Kier molecular flexibility index (Phi) is 4.13. The van der Waals surface area contributed by atoms with Crippen LogP contribution in [-0.4, -0.2) is 31.7 Å². The SMILES string of the molecule is Cc1nn(C)cc1NC(=O)c1ccc(/C=C/C(=O)O)cn1. The Morgan fingerprint density at radius 2 is 2.14 bits per heavy atom. The summed E-state index contributed by atoms with van der Waals surface area (Å²) in [6.07, 6.45) is 5.56. The Morgan fingerprint density at radius 1 is 1.38 bits per heavy atom. The van der Waals surface area contributed by atoms with Crippen LogP contribution in [0, 0.1) is 6.92 Å². The number of carboxylic acid groups (broad SMARTS) is 1. The predicted octanol–water partition coefficient (Wildman–Crippen LogP) is 1.47. The molecule has 0 saturated heterocycles. The first-order chi connectivity index (χ1) is 9.95. The number of anilines is 1. The van der Waals surface area contributed by atoms with E-state index in [1.807, 2.05) is 0 Å². The molecule has 2 aromatic rings. The highest BCUT2D eigenvalue weighted by Gasteiger charge is 2.10. The molecule has 0 saturated carbocycles. The number of aliphatic carboxylic acids is 1. The number of hydrogen-bond donors (Lipinski definition) is 2. The van der Waals surface area contributed by atoms with Crippen LogP contribution < -0.4 is 5.32 Å². The van der Waals surface area contributed by atoms with Gasteiger partial charge in [0.15, 0.2) is 0 Å². The van der Waals surface area contributed by atoms with Gasteiger partial charge in [0.2, 0.25) is 0 Å². The normalized spacial score (nSPS) is 10.8. The maximum Gasteiger partial charge on any atom is 0.328 e. The van der Waals surface area contributed by atoms with Crippen molar-refractivity contribution in [3.05, 3.63) is 47.6 Å². The van der Waals surface area contributed by atoms with Gasteiger partial charge in [0.1, 0.15) is 5.69 Å². The molecule has 0 aliphatic carbocycles. The van der Waals surface area contributed by atoms with E-state index < -0.39 is 5.97 Å². The summed E-state index contributed by atoms with van der Waals surface area (Å²) in [6.45, 7) is 1.79. The smallest absolute Gasteiger partial charge is 0.328 e. The molecule has 1 amide bonds. The molecule has 0 aliphatic heterocycles. The van der Waals surface area contributed by atoms with Gasteiger partial charge in [0.25, 0.3) is 5.91 Å². The zero-order valence-electron chi connectivity index (χ0n) is 11.6. The Morgan fingerprint density at radius 3 is 2.67 bits per heavy atom. The van der Waals surface area contributed by atoms with Gasteiger partial charge in [-0.1, -0.05) is 6.07 Å². The van der Waals surface area contributed by atoms with E-state index in [1.165, 1.54) is 18.3 Å². The molecule has 7 heteroatoms. The largest absolute Gasteiger partial charge is 0.478 e. The van der Waals surface area contributed by atoms with E-state index in [1.54, 1.807) is 30.9 Å². The minimum atomic E-state index is -1.04. The van der Waals surface area contributed by atoms with Gasteiger partial charge >= 0.3 is 5.97 Å². The van der Waals surface area contributed by atoms with E-state index in [-0.39, 0.29) is 11.6 Å². The molecule has 21 heavy (non-hydrogen) atoms. The summed E-state index contributed by atoms with van der Waals surface area (Å²) in [4.78, 5) is 26.4. The fourth-order valence-corrected chi connectivity index (χ4v) is 1.71. The van der Waals surface area contributed by atoms with Crippen molar-refractivity contribution >= 4 is 23.6 Å². The van der Waals surface area contributed by atoms with Crippen molar-refractivity contribution in [2.24, 2.45) is 7.05 Å². The molecule has 7 nitrogen and oxygen atoms in total. The number of nitrogens with zero attached hydrogens (tertiary/aromatic N) is 3. The molecule has 2 rings (SSSR count). The molecule has 2 heterocycles. The number of pyridine rings is 1. The van der Waals surface area contributed by atoms with Crippen molar-refractivity contribution in [3.63, 3.8) is 0 Å². The van der Waals surface area contributed by atoms with Crippen molar-refractivity contribution < 1.29 is 14.7 Å². The summed E-state index contributed by atoms with van der Waals surface area (Å²) in [5, 5.41) is 15.4. The van der Waals surface area contributed by atoms with Crippen LogP contribution >= 0.6 is 0 Å². The van der Waals surface area contributed by atoms with Crippen LogP contribution in [0.5, 0.6) is 0 Å². The third-order valence-corrected chi connectivity index (χ3v) is 2.70. The van der Waals surface area contributed by atoms with Crippen molar-refractivity contribution in [3.8, 4) is 0 Å². The molecular formula is C14H14N4O3. The quantitative estimate of drug-likeness (QED) is 0.830. The molecule has 0 spiro atoms. The van der Waals surface area contributed by atoms with E-state index in [0.29, 0.717) is 16.9 Å². The lowest BCUT2D eigenvalue weighted by Gasteiger charge is -2.03. The van der Waals surface area contributed by atoms with Crippen LogP contribution in [0.1, 0.15) is 21.7 Å². The van der Waals surface area contributed by atoms with Gasteiger partial charge in [-0.3, -0.25) is 14.5 Å². The van der Waals surface area contributed by atoms with Crippen molar-refractivity contribution in [1.29, 1.82) is 0 Å². The lowest BCUT2D eigenvalue weighted by Crippen LogP contribution is -2.13. The highest BCUT2D eigenvalue weighted by Crippen LogP contribution is 2.13. The zero-order chi connectivity index (χ0) is 15.4. The Hall–Kier alpha value is -2.96. The van der Waals surface area contributed by atoms with Crippen LogP contribution in [0.15, 0.2) is 30.6 Å². The highest BCUT2D eigenvalue weighted by atomic mass is 16.4. The molecule has 0 unspecified atom stereocenters. The number of nitrogens with one attached hydrogen (secondary N) is 1. The van der Waals surface area contributed by atoms with E-state index in [2.05, 4.69) is 15.4 Å². The topological polar surface area (TPSA) is 97.1 Å². The second-order valence-corrected chi connectivity index (χ2v) is 4.40. The summed E-state index contributed by atoms with van der Waals surface area (Å²) in [5.74, 6) is -1.39. The summed E-state index contributed by atoms with van der Waals surface area (Å²) in [7, 11) is 1.77. The van der Waals surface area contributed by atoms with Crippen LogP contribution in [0.2, 0.25) is 0 Å². The van der Waals surface area contributed by atoms with Crippen molar-refractivity contribution in [2.75, 3.05) is 5.32 Å². The van der Waals surface area contributed by atoms with E-state index in [4.69, 9.17) is 5.11 Å². The molecule has 2 aromatic heterocycles. The van der Waals surface area contributed by atoms with Crippen molar-refractivity contribution in [1.82, 2.24) is 14.8 Å². The fourth-order valence-electron chi connectivity index (χ4n) is 1.71. The third kappa shape index (κ3) is 3.75. The number of rotatable bonds is 4. The van der Waals surface area contributed by atoms with E-state index >= 15 is 0 Å². The molecular weight excluding hydrogens is 272 g/mol. The third-order valence-electron chi connectivity index (χ3n) is 2.70. The monoisotopic (exact) mass is 286 g/mol. The second-order valence-electron chi connectivity index (χ2n) is 4.40. The van der Waals surface area contributed by atoms with Gasteiger partial charge < -0.3 is 10.4 Å². The van der Waals surface area contributed by atoms with Gasteiger partial charge in [-0.25, -0.2) is 4.79 Å². The predicted molar refractivity (Wildman–Crippen MR) is 76.8 cm³/mol. The van der Waals surface area contributed by atoms with Gasteiger partial charge in [0, 0.05) is 25.5 Å². The fraction of sp³-hybridized carbons (Fsp3) is 0.143. The maximum atomic E-state index is 12.0. The second kappa shape index (κ2) is 6.00. The number of hydrogen-bond acceptors (Lipinski definition) is 4. The van der Waals surface area contributed by atoms with E-state index in [0.717, 1.165) is 6.08 Å². The van der Waals surface area contributed by atoms with Crippen LogP contribution in [0.4, 0.5) is 5.69 Å². The molecule has 0 aliphatic rings. The maximum absolute atomic E-state index is 12.0. The number of carbonyl (C=O) groups is 2. The summed E-state index contributed by atoms with van der Waals surface area (Å²) >= 11 is 0. The summed E-state index contributed by atoms with van der Waals surface area (Å²) in [6, 6.07) is 3.15. The lowest BCUT2D eigenvalue weighted by atomic mass is 10.2. The molecule has 0 fully saturated rings. The summed E-state index contributed by atoms with van der Waals surface area (Å²) in [5.41, 5.74) is 2.18. The minimum absolute atomic E-state index is 0.241. The lowest BCUT2D eigenvalue weighted by molar-refractivity contribution is -0.131. The van der Waals surface area contributed by atoms with Gasteiger partial charge in [-0.05, 0) is 24.6 Å². The number of amides is 1. The average Bonchev–Trinajstić information content (AvgIpc) is 2.75. The van der Waals surface area contributed by atoms with Gasteiger partial charge in [-0.2, -0.15) is 5.10 Å². The molecule has 2 N–H and O–H groups in total. The van der Waals surface area contributed by atoms with Crippen molar-refractivity contribution in [2.45, 2.75) is 6.92 Å². The molecule has 0 aromatic carbocycles. The van der Waals surface area contributed by atoms with Crippen LogP contribution in [0.3, 0.4) is 0 Å². The molecule has 0 bridgehead atoms. The molecule has 0 atom stereocenters. The zero-order valence-corrected chi connectivity index (χ0v) is 11.6. The molecule has 0 radical (unpaired) electrons. The average molecular weight is 286 g/mol. The Bertz CT molecular complexity index is 702. The van der Waals surface area contributed by atoms with Gasteiger partial charge in [0.05, 0.1) is 11.4 Å². The highest BCUT2D eigenvalue weighted by molar-refractivity contribution is 6.03. The van der Waals surface area contributed by atoms with Crippen LogP contribution in [0.25, 0.3) is 6.08 Å². The Labute approximate surface area is 120 Å². The Balaban J connectivity index is 2.09. The standard InChI is InChI=1S/C14H14N4O3/c1-9-12(8-18(2)17-9)16-14(21)11-5-3-10(7-15-11)4-6-13(19)20/h3-8H,1-2H3,(H,16,21)(H,19,20)/b6-4+. The van der Waals surface area contributed by atoms with E-state index in [9.17, 15) is 9.59 Å². The number of carbonyl (C=O) groups excluding carboxylic acids is 1. The molecule has 108 valence electrons. The van der Waals surface area contributed by atoms with Crippen LogP contribution in [-0.2, 0) is 11.8 Å². The first-order valence-electron chi connectivity index (χ1n) is 6.14. The first kappa shape index (κ1) is 14.4. The minimum Gasteiger partial charge on any atom is -0.478 e. The number of aryl methyl sites for hydroxylation is 2. The summed E-state index contributed by atoms with van der Waals surface area (Å²) < 4.78 is 1.61. The van der Waals surface area contributed by atoms with Gasteiger partial charge in [-0.15, -0.1) is 0 Å². The first-order valence-corrected chi connectivity index (χ1v) is 6.14. The number of aromatic nitrogens is 3. The number of carboxylic acids is 1.